The first-order valence-electron chi connectivity index (χ1n) is 3.65. The van der Waals surface area contributed by atoms with Crippen LogP contribution in [0.4, 0.5) is 10.7 Å². The number of hydrogen-bond donors (Lipinski definition) is 1. The summed E-state index contributed by atoms with van der Waals surface area (Å²) in [7, 11) is 2.85. The molecule has 2 N–H and O–H groups in total. The van der Waals surface area contributed by atoms with E-state index in [9.17, 15) is 4.79 Å². The molecular weight excluding hydrogens is 211 g/mol. The van der Waals surface area contributed by atoms with E-state index in [2.05, 4.69) is 15.3 Å². The standard InChI is InChI=1S/C7H10N4O3.Na/c1-13-4-3-5(14-2)10-7(9-4)11-6(8)12;/h3H,1-2H3,(H3,8,9,10,11,12);/q;+1/p-1. The number of urea groups is 1. The van der Waals surface area contributed by atoms with Gasteiger partial charge in [-0.1, -0.05) is 0 Å². The molecule has 8 heteroatoms. The normalized spacial score (nSPS) is 8.67. The molecule has 1 aromatic heterocycles. The molecule has 2 amide bonds. The molecule has 0 saturated heterocycles. The third-order valence-electron chi connectivity index (χ3n) is 1.32. The Morgan fingerprint density at radius 1 is 1.33 bits per heavy atom. The molecule has 0 atom stereocenters. The van der Waals surface area contributed by atoms with Crippen molar-refractivity contribution >= 4 is 12.0 Å². The average Bonchev–Trinajstić information content (AvgIpc) is 2.16. The van der Waals surface area contributed by atoms with Crippen LogP contribution in [0.5, 0.6) is 11.8 Å². The van der Waals surface area contributed by atoms with Crippen molar-refractivity contribution in [3.05, 3.63) is 11.8 Å². The summed E-state index contributed by atoms with van der Waals surface area (Å²) in [5.41, 5.74) is 6.66. The Morgan fingerprint density at radius 2 is 1.80 bits per heavy atom. The quantitative estimate of drug-likeness (QED) is 0.599. The largest absolute Gasteiger partial charge is 1.00 e. The van der Waals surface area contributed by atoms with Crippen molar-refractivity contribution in [3.8, 4) is 11.8 Å². The number of aromatic nitrogens is 2. The third-order valence-corrected chi connectivity index (χ3v) is 1.32. The van der Waals surface area contributed by atoms with E-state index in [1.807, 2.05) is 0 Å². The minimum atomic E-state index is -1.000. The summed E-state index contributed by atoms with van der Waals surface area (Å²) in [6.45, 7) is 0. The number of methoxy groups -OCH3 is 2. The first-order valence-corrected chi connectivity index (χ1v) is 3.65. The van der Waals surface area contributed by atoms with Crippen molar-refractivity contribution in [1.82, 2.24) is 9.97 Å². The van der Waals surface area contributed by atoms with E-state index in [1.165, 1.54) is 20.3 Å². The molecule has 0 fully saturated rings. The Kier molecular flexibility index (Phi) is 5.99. The van der Waals surface area contributed by atoms with E-state index in [0.717, 1.165) is 0 Å². The molecule has 1 heterocycles. The molecule has 0 saturated carbocycles. The van der Waals surface area contributed by atoms with Gasteiger partial charge in [0.1, 0.15) is 0 Å². The van der Waals surface area contributed by atoms with Crippen molar-refractivity contribution in [2.75, 3.05) is 19.5 Å². The SMILES string of the molecule is COc1cc(OC)nc(NC([NH-])=O)n1.[Na+]. The van der Waals surface area contributed by atoms with Crippen molar-refractivity contribution in [2.24, 2.45) is 0 Å². The molecule has 0 unspecified atom stereocenters. The number of amides is 2. The van der Waals surface area contributed by atoms with Gasteiger partial charge in [-0.3, -0.25) is 4.79 Å². The maximum atomic E-state index is 10.4. The Bertz CT molecular complexity index is 325. The van der Waals surface area contributed by atoms with Gasteiger partial charge < -0.3 is 20.5 Å². The van der Waals surface area contributed by atoms with Crippen LogP contribution in [0, 0.1) is 0 Å². The molecule has 0 aliphatic carbocycles. The molecule has 0 aliphatic heterocycles. The predicted molar refractivity (Wildman–Crippen MR) is 48.5 cm³/mol. The predicted octanol–water partition coefficient (Wildman–Crippen LogP) is -1.92. The smallest absolute Gasteiger partial charge is 0.481 e. The number of rotatable bonds is 3. The summed E-state index contributed by atoms with van der Waals surface area (Å²) in [6, 6.07) is 0.458. The van der Waals surface area contributed by atoms with Crippen LogP contribution in [-0.2, 0) is 0 Å². The second-order valence-electron chi connectivity index (χ2n) is 2.23. The van der Waals surface area contributed by atoms with Crippen molar-refractivity contribution in [2.45, 2.75) is 0 Å². The van der Waals surface area contributed by atoms with Gasteiger partial charge in [0.25, 0.3) is 0 Å². The maximum Gasteiger partial charge on any atom is 1.00 e. The van der Waals surface area contributed by atoms with Gasteiger partial charge in [-0.25, -0.2) is 0 Å². The van der Waals surface area contributed by atoms with E-state index < -0.39 is 6.03 Å². The Balaban J connectivity index is 0.00000196. The van der Waals surface area contributed by atoms with Crippen LogP contribution in [0.1, 0.15) is 0 Å². The van der Waals surface area contributed by atoms with Crippen molar-refractivity contribution in [1.29, 1.82) is 0 Å². The van der Waals surface area contributed by atoms with Gasteiger partial charge in [0, 0.05) is 0 Å². The topological polar surface area (TPSA) is 97.1 Å². The van der Waals surface area contributed by atoms with Crippen molar-refractivity contribution in [3.63, 3.8) is 0 Å². The van der Waals surface area contributed by atoms with Crippen LogP contribution in [0.3, 0.4) is 0 Å². The van der Waals surface area contributed by atoms with Crippen LogP contribution in [0.25, 0.3) is 5.73 Å². The molecule has 0 aliphatic rings. The van der Waals surface area contributed by atoms with Gasteiger partial charge in [0.2, 0.25) is 11.8 Å². The van der Waals surface area contributed by atoms with Crippen LogP contribution in [0.15, 0.2) is 6.07 Å². The van der Waals surface area contributed by atoms with Crippen LogP contribution >= 0.6 is 0 Å². The third kappa shape index (κ3) is 4.32. The molecular formula is C7H9N4NaO3. The number of ether oxygens (including phenoxy) is 2. The van der Waals surface area contributed by atoms with E-state index >= 15 is 0 Å². The summed E-state index contributed by atoms with van der Waals surface area (Å²) in [4.78, 5) is 18.0. The molecule has 0 bridgehead atoms. The second-order valence-corrected chi connectivity index (χ2v) is 2.23. The van der Waals surface area contributed by atoms with E-state index in [-0.39, 0.29) is 47.3 Å². The number of anilines is 1. The summed E-state index contributed by atoms with van der Waals surface area (Å²) in [5.74, 6) is 0.474. The van der Waals surface area contributed by atoms with Crippen LogP contribution in [-0.4, -0.2) is 30.2 Å². The molecule has 76 valence electrons. The fraction of sp³-hybridized carbons (Fsp3) is 0.286. The fourth-order valence-electron chi connectivity index (χ4n) is 0.771. The number of hydrogen-bond acceptors (Lipinski definition) is 5. The Labute approximate surface area is 109 Å². The molecule has 1 aromatic rings. The van der Waals surface area contributed by atoms with Gasteiger partial charge in [-0.15, -0.1) is 0 Å². The minimum Gasteiger partial charge on any atom is -0.481 e. The van der Waals surface area contributed by atoms with Gasteiger partial charge in [0.05, 0.1) is 20.3 Å². The molecule has 15 heavy (non-hydrogen) atoms. The summed E-state index contributed by atoms with van der Waals surface area (Å²) in [6.07, 6.45) is 0. The minimum absolute atomic E-state index is 0. The zero-order chi connectivity index (χ0) is 10.6. The van der Waals surface area contributed by atoms with E-state index in [4.69, 9.17) is 15.2 Å². The van der Waals surface area contributed by atoms with E-state index in [1.54, 1.807) is 0 Å². The average molecular weight is 220 g/mol. The molecule has 7 nitrogen and oxygen atoms in total. The van der Waals surface area contributed by atoms with Gasteiger partial charge in [-0.2, -0.15) is 9.97 Å². The summed E-state index contributed by atoms with van der Waals surface area (Å²) in [5, 5.41) is 2.10. The number of nitrogens with one attached hydrogen (secondary N) is 2. The van der Waals surface area contributed by atoms with E-state index in [0.29, 0.717) is 0 Å². The Morgan fingerprint density at radius 3 is 2.13 bits per heavy atom. The number of carbonyl (C=O) groups is 1. The monoisotopic (exact) mass is 220 g/mol. The Hall–Kier alpha value is -1.05. The first-order chi connectivity index (χ1) is 6.65. The summed E-state index contributed by atoms with van der Waals surface area (Å²) >= 11 is 0. The number of carbonyl (C=O) groups excluding carboxylic acids is 1. The van der Waals surface area contributed by atoms with Gasteiger partial charge >= 0.3 is 29.6 Å². The maximum absolute atomic E-state index is 10.4. The molecule has 1 rings (SSSR count). The first kappa shape index (κ1) is 13.9. The molecule has 0 radical (unpaired) electrons. The zero-order valence-corrected chi connectivity index (χ0v) is 10.7. The molecule has 0 aromatic carbocycles. The summed E-state index contributed by atoms with van der Waals surface area (Å²) < 4.78 is 9.67. The zero-order valence-electron chi connectivity index (χ0n) is 8.70. The van der Waals surface area contributed by atoms with Crippen LogP contribution < -0.4 is 44.3 Å². The van der Waals surface area contributed by atoms with Gasteiger partial charge in [0.15, 0.2) is 12.0 Å². The van der Waals surface area contributed by atoms with Gasteiger partial charge in [-0.05, 0) is 0 Å². The fourth-order valence-corrected chi connectivity index (χ4v) is 0.771. The van der Waals surface area contributed by atoms with Crippen LogP contribution in [0.2, 0.25) is 0 Å². The second kappa shape index (κ2) is 6.44. The van der Waals surface area contributed by atoms with Crippen molar-refractivity contribution < 1.29 is 43.8 Å². The number of nitrogens with zero attached hydrogens (tertiary/aromatic N) is 2. The molecule has 0 spiro atoms.